The van der Waals surface area contributed by atoms with E-state index in [1.165, 1.54) is 0 Å². The molecule has 2 heterocycles. The minimum absolute atomic E-state index is 0.0318. The molecule has 5 nitrogen and oxygen atoms in total. The molecule has 5 heteroatoms. The Balaban J connectivity index is 1.56. The van der Waals surface area contributed by atoms with Gasteiger partial charge in [0.05, 0.1) is 12.1 Å². The molecule has 24 heavy (non-hydrogen) atoms. The number of hydrogen-bond donors (Lipinski definition) is 1. The van der Waals surface area contributed by atoms with Crippen molar-refractivity contribution in [3.8, 4) is 0 Å². The number of hydrogen-bond acceptors (Lipinski definition) is 4. The molecule has 1 N–H and O–H groups in total. The van der Waals surface area contributed by atoms with Gasteiger partial charge >= 0.3 is 0 Å². The van der Waals surface area contributed by atoms with Gasteiger partial charge in [-0.1, -0.05) is 37.3 Å². The van der Waals surface area contributed by atoms with Crippen LogP contribution in [0, 0.1) is 0 Å². The standard InChI is InChI=1S/C19H24N4O/c1-2-17(15-6-4-3-5-7-15)19(24)23-12-8-16(9-13-23)22-18-14-20-10-11-21-18/h3-7,10-11,14,16-17H,2,8-9,12-13H2,1H3,(H,21,22)/t17-/m1/s1. The predicted octanol–water partition coefficient (Wildman–Crippen LogP) is 3.07. The number of carbonyl (C=O) groups excluding carboxylic acids is 1. The second-order valence-electron chi connectivity index (χ2n) is 6.21. The minimum atomic E-state index is -0.0318. The summed E-state index contributed by atoms with van der Waals surface area (Å²) in [4.78, 5) is 23.2. The lowest BCUT2D eigenvalue weighted by atomic mass is 9.93. The molecule has 126 valence electrons. The van der Waals surface area contributed by atoms with Crippen molar-refractivity contribution in [1.82, 2.24) is 14.9 Å². The number of benzene rings is 1. The zero-order valence-electron chi connectivity index (χ0n) is 14.1. The van der Waals surface area contributed by atoms with Gasteiger partial charge in [-0.05, 0) is 24.8 Å². The van der Waals surface area contributed by atoms with Crippen molar-refractivity contribution < 1.29 is 4.79 Å². The fraction of sp³-hybridized carbons (Fsp3) is 0.421. The molecule has 1 aliphatic rings. The van der Waals surface area contributed by atoms with Crippen LogP contribution in [-0.4, -0.2) is 39.9 Å². The number of likely N-dealkylation sites (tertiary alicyclic amines) is 1. The lowest BCUT2D eigenvalue weighted by Gasteiger charge is -2.34. The molecule has 1 aromatic carbocycles. The van der Waals surface area contributed by atoms with Gasteiger partial charge in [-0.25, -0.2) is 4.98 Å². The molecule has 1 aromatic heterocycles. The molecule has 0 unspecified atom stereocenters. The highest BCUT2D eigenvalue weighted by atomic mass is 16.2. The highest BCUT2D eigenvalue weighted by molar-refractivity contribution is 5.83. The third-order valence-corrected chi connectivity index (χ3v) is 4.63. The van der Waals surface area contributed by atoms with E-state index in [2.05, 4.69) is 34.3 Å². The summed E-state index contributed by atoms with van der Waals surface area (Å²) in [6.45, 7) is 3.66. The van der Waals surface area contributed by atoms with Crippen molar-refractivity contribution in [2.45, 2.75) is 38.1 Å². The summed E-state index contributed by atoms with van der Waals surface area (Å²) >= 11 is 0. The maximum Gasteiger partial charge on any atom is 0.230 e. The predicted molar refractivity (Wildman–Crippen MR) is 94.7 cm³/mol. The molecule has 2 aromatic rings. The quantitative estimate of drug-likeness (QED) is 0.918. The van der Waals surface area contributed by atoms with Crippen molar-refractivity contribution in [3.05, 3.63) is 54.5 Å². The van der Waals surface area contributed by atoms with Crippen molar-refractivity contribution in [3.63, 3.8) is 0 Å². The first-order valence-corrected chi connectivity index (χ1v) is 8.64. The van der Waals surface area contributed by atoms with E-state index >= 15 is 0 Å². The van der Waals surface area contributed by atoms with E-state index in [-0.39, 0.29) is 11.8 Å². The Morgan fingerprint density at radius 2 is 2.00 bits per heavy atom. The summed E-state index contributed by atoms with van der Waals surface area (Å²) < 4.78 is 0. The number of piperidine rings is 1. The second-order valence-corrected chi connectivity index (χ2v) is 6.21. The van der Waals surface area contributed by atoms with Crippen LogP contribution in [0.1, 0.15) is 37.7 Å². The number of rotatable bonds is 5. The van der Waals surface area contributed by atoms with Gasteiger partial charge in [-0.3, -0.25) is 9.78 Å². The van der Waals surface area contributed by atoms with Crippen molar-refractivity contribution in [2.75, 3.05) is 18.4 Å². The third kappa shape index (κ3) is 3.91. The zero-order valence-corrected chi connectivity index (χ0v) is 14.1. The molecule has 3 rings (SSSR count). The Bertz CT molecular complexity index is 639. The van der Waals surface area contributed by atoms with Gasteiger partial charge in [-0.2, -0.15) is 0 Å². The summed E-state index contributed by atoms with van der Waals surface area (Å²) in [5.74, 6) is 1.02. The van der Waals surface area contributed by atoms with Crippen LogP contribution >= 0.6 is 0 Å². The van der Waals surface area contributed by atoms with Crippen molar-refractivity contribution in [2.24, 2.45) is 0 Å². The first kappa shape index (κ1) is 16.4. The lowest BCUT2D eigenvalue weighted by Crippen LogP contribution is -2.44. The lowest BCUT2D eigenvalue weighted by molar-refractivity contribution is -0.133. The fourth-order valence-electron chi connectivity index (χ4n) is 3.29. The van der Waals surface area contributed by atoms with Gasteiger partial charge in [0.1, 0.15) is 5.82 Å². The first-order valence-electron chi connectivity index (χ1n) is 8.64. The van der Waals surface area contributed by atoms with E-state index in [0.717, 1.165) is 43.7 Å². The van der Waals surface area contributed by atoms with E-state index in [1.54, 1.807) is 18.6 Å². The zero-order chi connectivity index (χ0) is 16.8. The SMILES string of the molecule is CC[C@@H](C(=O)N1CCC(Nc2cnccn2)CC1)c1ccccc1. The normalized spacial score (nSPS) is 16.6. The number of carbonyl (C=O) groups is 1. The van der Waals surface area contributed by atoms with Gasteiger partial charge in [0.15, 0.2) is 0 Å². The molecule has 0 aliphatic carbocycles. The number of nitrogens with one attached hydrogen (secondary N) is 1. The van der Waals surface area contributed by atoms with Crippen LogP contribution in [-0.2, 0) is 4.79 Å². The summed E-state index contributed by atoms with van der Waals surface area (Å²) in [5.41, 5.74) is 1.12. The summed E-state index contributed by atoms with van der Waals surface area (Å²) in [5, 5.41) is 3.40. The number of aromatic nitrogens is 2. The third-order valence-electron chi connectivity index (χ3n) is 4.63. The molecule has 1 fully saturated rings. The molecule has 0 spiro atoms. The molecule has 0 radical (unpaired) electrons. The van der Waals surface area contributed by atoms with Crippen LogP contribution in [0.15, 0.2) is 48.9 Å². The molecule has 0 saturated carbocycles. The number of nitrogens with zero attached hydrogens (tertiary/aromatic N) is 3. The van der Waals surface area contributed by atoms with E-state index in [4.69, 9.17) is 0 Å². The fourth-order valence-corrected chi connectivity index (χ4v) is 3.29. The van der Waals surface area contributed by atoms with Crippen LogP contribution in [0.5, 0.6) is 0 Å². The molecule has 1 amide bonds. The first-order chi connectivity index (χ1) is 11.8. The Morgan fingerprint density at radius 3 is 2.62 bits per heavy atom. The summed E-state index contributed by atoms with van der Waals surface area (Å²) in [7, 11) is 0. The van der Waals surface area contributed by atoms with E-state index in [9.17, 15) is 4.79 Å². The van der Waals surface area contributed by atoms with E-state index in [0.29, 0.717) is 6.04 Å². The summed E-state index contributed by atoms with van der Waals surface area (Å²) in [6, 6.07) is 10.4. The Morgan fingerprint density at radius 1 is 1.25 bits per heavy atom. The largest absolute Gasteiger partial charge is 0.366 e. The Hall–Kier alpha value is -2.43. The molecule has 1 saturated heterocycles. The van der Waals surface area contributed by atoms with Crippen molar-refractivity contribution >= 4 is 11.7 Å². The van der Waals surface area contributed by atoms with Crippen LogP contribution in [0.25, 0.3) is 0 Å². The minimum Gasteiger partial charge on any atom is -0.366 e. The summed E-state index contributed by atoms with van der Waals surface area (Å²) in [6.07, 6.45) is 7.80. The second kappa shape index (κ2) is 7.90. The Kier molecular flexibility index (Phi) is 5.41. The van der Waals surface area contributed by atoms with Crippen LogP contribution in [0.4, 0.5) is 5.82 Å². The van der Waals surface area contributed by atoms with Gasteiger partial charge < -0.3 is 10.2 Å². The molecule has 0 bridgehead atoms. The van der Waals surface area contributed by atoms with Crippen LogP contribution < -0.4 is 5.32 Å². The molecular weight excluding hydrogens is 300 g/mol. The highest BCUT2D eigenvalue weighted by Gasteiger charge is 2.28. The van der Waals surface area contributed by atoms with Crippen LogP contribution in [0.2, 0.25) is 0 Å². The van der Waals surface area contributed by atoms with E-state index < -0.39 is 0 Å². The van der Waals surface area contributed by atoms with Gasteiger partial charge in [0.2, 0.25) is 5.91 Å². The maximum absolute atomic E-state index is 12.9. The Labute approximate surface area is 143 Å². The molecule has 1 aliphatic heterocycles. The van der Waals surface area contributed by atoms with Crippen LogP contribution in [0.3, 0.4) is 0 Å². The van der Waals surface area contributed by atoms with Gasteiger partial charge in [-0.15, -0.1) is 0 Å². The highest BCUT2D eigenvalue weighted by Crippen LogP contribution is 2.24. The smallest absolute Gasteiger partial charge is 0.230 e. The monoisotopic (exact) mass is 324 g/mol. The van der Waals surface area contributed by atoms with Gasteiger partial charge in [0.25, 0.3) is 0 Å². The topological polar surface area (TPSA) is 58.1 Å². The molecule has 1 atom stereocenters. The average molecular weight is 324 g/mol. The van der Waals surface area contributed by atoms with Gasteiger partial charge in [0, 0.05) is 31.5 Å². The molecular formula is C19H24N4O. The number of amides is 1. The maximum atomic E-state index is 12.9. The average Bonchev–Trinajstić information content (AvgIpc) is 2.65. The van der Waals surface area contributed by atoms with E-state index in [1.807, 2.05) is 23.1 Å². The number of anilines is 1. The van der Waals surface area contributed by atoms with Crippen molar-refractivity contribution in [1.29, 1.82) is 0 Å².